The number of nitrogens with zero attached hydrogens (tertiary/aromatic N) is 1. The average Bonchev–Trinajstić information content (AvgIpc) is 2.61. The molecule has 1 amide bonds. The number of nitrogens with one attached hydrogen (secondary N) is 1. The fraction of sp³-hybridized carbons (Fsp3) is 0.400. The summed E-state index contributed by atoms with van der Waals surface area (Å²) >= 11 is 0. The molecular formula is C20H24N2O3. The van der Waals surface area contributed by atoms with Gasteiger partial charge in [-0.2, -0.15) is 0 Å². The Morgan fingerprint density at radius 1 is 1.24 bits per heavy atom. The lowest BCUT2D eigenvalue weighted by molar-refractivity contribution is -0.0954. The number of hydrogen-bond acceptors (Lipinski definition) is 3. The first kappa shape index (κ1) is 17.4. The van der Waals surface area contributed by atoms with Crippen molar-refractivity contribution in [3.8, 4) is 0 Å². The number of aryl methyl sites for hydroxylation is 1. The Labute approximate surface area is 147 Å². The van der Waals surface area contributed by atoms with Crippen LogP contribution in [0.25, 0.3) is 0 Å². The van der Waals surface area contributed by atoms with E-state index in [0.29, 0.717) is 13.1 Å². The molecular weight excluding hydrogens is 316 g/mol. The molecule has 5 heteroatoms. The lowest BCUT2D eigenvalue weighted by Crippen LogP contribution is -2.49. The van der Waals surface area contributed by atoms with Gasteiger partial charge >= 0.3 is 0 Å². The Kier molecular flexibility index (Phi) is 5.04. The predicted octanol–water partition coefficient (Wildman–Crippen LogP) is 2.92. The number of aromatic amines is 1. The molecule has 1 aromatic heterocycles. The van der Waals surface area contributed by atoms with E-state index >= 15 is 0 Å². The number of carbonyl (C=O) groups excluding carboxylic acids is 1. The van der Waals surface area contributed by atoms with Gasteiger partial charge in [0, 0.05) is 24.5 Å². The maximum atomic E-state index is 12.9. The fourth-order valence-corrected chi connectivity index (χ4v) is 3.09. The van der Waals surface area contributed by atoms with Gasteiger partial charge in [-0.25, -0.2) is 0 Å². The zero-order valence-corrected chi connectivity index (χ0v) is 14.9. The first-order valence-corrected chi connectivity index (χ1v) is 8.64. The van der Waals surface area contributed by atoms with Crippen LogP contribution in [0.4, 0.5) is 0 Å². The van der Waals surface area contributed by atoms with E-state index in [9.17, 15) is 9.59 Å². The molecule has 3 rings (SSSR count). The van der Waals surface area contributed by atoms with Gasteiger partial charge in [0.25, 0.3) is 5.91 Å². The lowest BCUT2D eigenvalue weighted by Gasteiger charge is -2.40. The van der Waals surface area contributed by atoms with E-state index in [4.69, 9.17) is 4.74 Å². The van der Waals surface area contributed by atoms with Gasteiger partial charge in [0.15, 0.2) is 5.43 Å². The normalized spacial score (nSPS) is 20.7. The molecule has 2 atom stereocenters. The van der Waals surface area contributed by atoms with Crippen molar-refractivity contribution in [2.45, 2.75) is 33.0 Å². The molecule has 0 aliphatic carbocycles. The molecule has 2 heterocycles. The second-order valence-corrected chi connectivity index (χ2v) is 6.92. The average molecular weight is 340 g/mol. The molecule has 1 saturated heterocycles. The number of H-pyrrole nitrogens is 1. The van der Waals surface area contributed by atoms with Gasteiger partial charge in [0.1, 0.15) is 11.7 Å². The Morgan fingerprint density at radius 3 is 2.60 bits per heavy atom. The molecule has 0 unspecified atom stereocenters. The number of pyridine rings is 1. The molecule has 0 radical (unpaired) electrons. The summed E-state index contributed by atoms with van der Waals surface area (Å²) in [5.41, 5.74) is 1.72. The largest absolute Gasteiger partial charge is 0.366 e. The van der Waals surface area contributed by atoms with Crippen molar-refractivity contribution in [3.63, 3.8) is 0 Å². The number of ether oxygens (including phenoxy) is 1. The van der Waals surface area contributed by atoms with Gasteiger partial charge < -0.3 is 14.6 Å². The van der Waals surface area contributed by atoms with Crippen LogP contribution in [-0.4, -0.2) is 35.0 Å². The standard InChI is InChI=1S/C20H24N2O3/c1-13(2)18-11-22(12-19(25-18)15-7-5-4-6-8-15)20(24)16-10-21-14(3)9-17(16)23/h4-10,13,18-19H,11-12H2,1-3H3,(H,21,23)/t18-,19+/m1/s1. The number of morpholine rings is 1. The van der Waals surface area contributed by atoms with E-state index in [1.807, 2.05) is 30.3 Å². The third-order valence-electron chi connectivity index (χ3n) is 4.62. The summed E-state index contributed by atoms with van der Waals surface area (Å²) in [6, 6.07) is 11.4. The minimum absolute atomic E-state index is 0.0626. The molecule has 5 nitrogen and oxygen atoms in total. The maximum absolute atomic E-state index is 12.9. The van der Waals surface area contributed by atoms with Crippen LogP contribution in [-0.2, 0) is 4.74 Å². The van der Waals surface area contributed by atoms with E-state index < -0.39 is 0 Å². The van der Waals surface area contributed by atoms with Crippen LogP contribution < -0.4 is 5.43 Å². The maximum Gasteiger partial charge on any atom is 0.259 e. The van der Waals surface area contributed by atoms with Gasteiger partial charge in [-0.15, -0.1) is 0 Å². The van der Waals surface area contributed by atoms with E-state index in [2.05, 4.69) is 18.8 Å². The van der Waals surface area contributed by atoms with Crippen molar-refractivity contribution < 1.29 is 9.53 Å². The number of carbonyl (C=O) groups is 1. The summed E-state index contributed by atoms with van der Waals surface area (Å²) in [4.78, 5) is 29.8. The molecule has 1 aliphatic rings. The highest BCUT2D eigenvalue weighted by molar-refractivity contribution is 5.94. The van der Waals surface area contributed by atoms with Gasteiger partial charge in [-0.05, 0) is 18.4 Å². The summed E-state index contributed by atoms with van der Waals surface area (Å²) in [7, 11) is 0. The summed E-state index contributed by atoms with van der Waals surface area (Å²) in [5, 5.41) is 0. The van der Waals surface area contributed by atoms with E-state index in [1.165, 1.54) is 12.3 Å². The van der Waals surface area contributed by atoms with E-state index in [0.717, 1.165) is 11.3 Å². The highest BCUT2D eigenvalue weighted by Crippen LogP contribution is 2.28. The summed E-state index contributed by atoms with van der Waals surface area (Å²) in [5.74, 6) is 0.0363. The first-order chi connectivity index (χ1) is 12.0. The quantitative estimate of drug-likeness (QED) is 0.934. The molecule has 0 spiro atoms. The predicted molar refractivity (Wildman–Crippen MR) is 96.6 cm³/mol. The molecule has 0 saturated carbocycles. The molecule has 25 heavy (non-hydrogen) atoms. The van der Waals surface area contributed by atoms with Gasteiger partial charge in [0.2, 0.25) is 0 Å². The third-order valence-corrected chi connectivity index (χ3v) is 4.62. The monoisotopic (exact) mass is 340 g/mol. The van der Waals surface area contributed by atoms with Crippen LogP contribution in [0.1, 0.15) is 41.6 Å². The summed E-state index contributed by atoms with van der Waals surface area (Å²) < 4.78 is 6.22. The summed E-state index contributed by atoms with van der Waals surface area (Å²) in [6.07, 6.45) is 1.26. The highest BCUT2D eigenvalue weighted by Gasteiger charge is 2.33. The molecule has 1 N–H and O–H groups in total. The number of rotatable bonds is 3. The van der Waals surface area contributed by atoms with Gasteiger partial charge in [0.05, 0.1) is 12.6 Å². The van der Waals surface area contributed by atoms with Gasteiger partial charge in [-0.3, -0.25) is 9.59 Å². The smallest absolute Gasteiger partial charge is 0.259 e. The topological polar surface area (TPSA) is 62.4 Å². The number of aromatic nitrogens is 1. The van der Waals surface area contributed by atoms with E-state index in [-0.39, 0.29) is 35.0 Å². The van der Waals surface area contributed by atoms with E-state index in [1.54, 1.807) is 11.8 Å². The molecule has 2 aromatic rings. The molecule has 132 valence electrons. The van der Waals surface area contributed by atoms with Crippen LogP contribution >= 0.6 is 0 Å². The van der Waals surface area contributed by atoms with Crippen molar-refractivity contribution in [2.75, 3.05) is 13.1 Å². The zero-order valence-electron chi connectivity index (χ0n) is 14.9. The Balaban J connectivity index is 1.88. The Bertz CT molecular complexity index is 798. The minimum atomic E-state index is -0.245. The highest BCUT2D eigenvalue weighted by atomic mass is 16.5. The molecule has 1 fully saturated rings. The third kappa shape index (κ3) is 3.82. The van der Waals surface area contributed by atoms with Crippen molar-refractivity contribution in [1.82, 2.24) is 9.88 Å². The second kappa shape index (κ2) is 7.23. The van der Waals surface area contributed by atoms with Crippen LogP contribution in [0.5, 0.6) is 0 Å². The zero-order chi connectivity index (χ0) is 18.0. The van der Waals surface area contributed by atoms with Gasteiger partial charge in [-0.1, -0.05) is 44.2 Å². The lowest BCUT2D eigenvalue weighted by atomic mass is 10.0. The Hall–Kier alpha value is -2.40. The van der Waals surface area contributed by atoms with Crippen LogP contribution in [0.2, 0.25) is 0 Å². The van der Waals surface area contributed by atoms with Crippen LogP contribution in [0, 0.1) is 12.8 Å². The summed E-state index contributed by atoms with van der Waals surface area (Å²) in [6.45, 7) is 6.90. The van der Waals surface area contributed by atoms with Crippen LogP contribution in [0.15, 0.2) is 47.4 Å². The minimum Gasteiger partial charge on any atom is -0.366 e. The van der Waals surface area contributed by atoms with Crippen molar-refractivity contribution >= 4 is 5.91 Å². The first-order valence-electron chi connectivity index (χ1n) is 8.64. The number of benzene rings is 1. The Morgan fingerprint density at radius 2 is 1.96 bits per heavy atom. The van der Waals surface area contributed by atoms with Crippen molar-refractivity contribution in [3.05, 3.63) is 69.6 Å². The fourth-order valence-electron chi connectivity index (χ4n) is 3.09. The van der Waals surface area contributed by atoms with Crippen molar-refractivity contribution in [1.29, 1.82) is 0 Å². The number of hydrogen-bond donors (Lipinski definition) is 1. The molecule has 1 aliphatic heterocycles. The SMILES string of the molecule is Cc1cc(=O)c(C(=O)N2C[C@@H](c3ccccc3)O[C@@H](C(C)C)C2)c[nH]1. The van der Waals surface area contributed by atoms with Crippen LogP contribution in [0.3, 0.4) is 0 Å². The second-order valence-electron chi connectivity index (χ2n) is 6.92. The molecule has 0 bridgehead atoms. The van der Waals surface area contributed by atoms with Crippen molar-refractivity contribution in [2.24, 2.45) is 5.92 Å². The molecule has 1 aromatic carbocycles. The number of amides is 1.